The van der Waals surface area contributed by atoms with E-state index in [9.17, 15) is 18.0 Å². The van der Waals surface area contributed by atoms with Crippen LogP contribution in [0.3, 0.4) is 0 Å². The van der Waals surface area contributed by atoms with Crippen LogP contribution in [0.25, 0.3) is 0 Å². The van der Waals surface area contributed by atoms with Gasteiger partial charge in [0.1, 0.15) is 6.04 Å². The summed E-state index contributed by atoms with van der Waals surface area (Å²) in [7, 11) is -3.86. The first-order valence-electron chi connectivity index (χ1n) is 16.5. The van der Waals surface area contributed by atoms with E-state index in [1.807, 2.05) is 64.1 Å². The highest BCUT2D eigenvalue weighted by Crippen LogP contribution is 2.24. The topological polar surface area (TPSA) is 148 Å². The number of benzene rings is 2. The number of aromatic nitrogens is 2. The molecule has 13 heteroatoms. The molecular weight excluding hydrogens is 630 g/mol. The summed E-state index contributed by atoms with van der Waals surface area (Å²) < 4.78 is 29.1. The second-order valence-corrected chi connectivity index (χ2v) is 14.7. The smallest absolute Gasteiger partial charge is 0.321 e. The number of carbonyl (C=O) groups excluding carboxylic acids is 2. The van der Waals surface area contributed by atoms with Crippen LogP contribution in [-0.4, -0.2) is 94.3 Å². The van der Waals surface area contributed by atoms with E-state index >= 15 is 0 Å². The molecule has 2 N–H and O–H groups in total. The van der Waals surface area contributed by atoms with Crippen molar-refractivity contribution in [3.8, 4) is 0 Å². The zero-order valence-corrected chi connectivity index (χ0v) is 29.0. The molecule has 1 aliphatic rings. The third-order valence-electron chi connectivity index (χ3n) is 8.63. The number of amides is 3. The molecule has 2 aromatic carbocycles. The maximum Gasteiger partial charge on any atom is 0.321 e. The highest BCUT2D eigenvalue weighted by Gasteiger charge is 2.40. The summed E-state index contributed by atoms with van der Waals surface area (Å²) in [6, 6.07) is 16.5. The molecule has 3 atom stereocenters. The van der Waals surface area contributed by atoms with Gasteiger partial charge in [-0.25, -0.2) is 13.2 Å². The number of hydrogen-bond donors (Lipinski definition) is 2. The Morgan fingerprint density at radius 3 is 2.40 bits per heavy atom. The van der Waals surface area contributed by atoms with Crippen molar-refractivity contribution >= 4 is 28.2 Å². The fourth-order valence-corrected chi connectivity index (χ4v) is 7.56. The van der Waals surface area contributed by atoms with Gasteiger partial charge in [0, 0.05) is 45.0 Å². The third-order valence-corrected chi connectivity index (χ3v) is 10.5. The van der Waals surface area contributed by atoms with Crippen molar-refractivity contribution in [2.24, 2.45) is 17.0 Å². The number of urea groups is 1. The lowest BCUT2D eigenvalue weighted by Crippen LogP contribution is -2.54. The fraction of sp³-hybridized carbons (Fsp3) is 0.457. The van der Waals surface area contributed by atoms with E-state index in [0.29, 0.717) is 51.0 Å². The fourth-order valence-electron chi connectivity index (χ4n) is 5.94. The van der Waals surface area contributed by atoms with Crippen molar-refractivity contribution < 1.29 is 23.2 Å². The minimum absolute atomic E-state index is 0.0598. The van der Waals surface area contributed by atoms with Crippen LogP contribution in [0, 0.1) is 11.8 Å². The van der Waals surface area contributed by atoms with Crippen molar-refractivity contribution in [3.63, 3.8) is 0 Å². The maximum atomic E-state index is 14.2. The first-order valence-corrected chi connectivity index (χ1v) is 17.9. The summed E-state index contributed by atoms with van der Waals surface area (Å²) in [5.41, 5.74) is 2.45. The molecule has 0 bridgehead atoms. The summed E-state index contributed by atoms with van der Waals surface area (Å²) in [6.45, 7) is 9.69. The van der Waals surface area contributed by atoms with Gasteiger partial charge in [0.25, 0.3) is 0 Å². The summed E-state index contributed by atoms with van der Waals surface area (Å²) >= 11 is 0. The van der Waals surface area contributed by atoms with Crippen LogP contribution in [0.5, 0.6) is 0 Å². The quantitative estimate of drug-likeness (QED) is 0.122. The normalized spacial score (nSPS) is 15.8. The van der Waals surface area contributed by atoms with Crippen molar-refractivity contribution in [2.45, 2.75) is 70.5 Å². The number of nitrogens with zero attached hydrogens (tertiary/aromatic N) is 6. The van der Waals surface area contributed by atoms with Gasteiger partial charge in [-0.05, 0) is 59.6 Å². The average Bonchev–Trinajstić information content (AvgIpc) is 3.42. The number of carbonyl (C=O) groups is 2. The van der Waals surface area contributed by atoms with Crippen LogP contribution >= 0.6 is 0 Å². The van der Waals surface area contributed by atoms with E-state index in [1.165, 1.54) is 22.7 Å². The monoisotopic (exact) mass is 677 g/mol. The Kier molecular flexibility index (Phi) is 13.0. The average molecular weight is 678 g/mol. The lowest BCUT2D eigenvalue weighted by atomic mass is 9.95. The molecule has 48 heavy (non-hydrogen) atoms. The molecule has 2 heterocycles. The van der Waals surface area contributed by atoms with Gasteiger partial charge in [0.15, 0.2) is 0 Å². The number of hydrogen-bond acceptors (Lipinski definition) is 8. The van der Waals surface area contributed by atoms with Gasteiger partial charge in [0.05, 0.1) is 17.3 Å². The Bertz CT molecular complexity index is 1610. The summed E-state index contributed by atoms with van der Waals surface area (Å²) in [5.74, 6) is -0.291. The Morgan fingerprint density at radius 1 is 1.04 bits per heavy atom. The molecule has 3 aromatic rings. The molecule has 3 amide bonds. The number of rotatable bonds is 17. The number of oxime groups is 1. The molecule has 0 aliphatic carbocycles. The number of sulfonamides is 1. The zero-order valence-electron chi connectivity index (χ0n) is 28.1. The van der Waals surface area contributed by atoms with Crippen molar-refractivity contribution in [2.75, 3.05) is 26.2 Å². The molecule has 0 spiro atoms. The van der Waals surface area contributed by atoms with Crippen LogP contribution in [0.4, 0.5) is 4.79 Å². The molecule has 1 fully saturated rings. The second-order valence-electron chi connectivity index (χ2n) is 12.7. The molecule has 1 aromatic heterocycles. The molecule has 1 saturated heterocycles. The highest BCUT2D eigenvalue weighted by atomic mass is 32.2. The Labute approximate surface area is 283 Å². The first-order chi connectivity index (χ1) is 23.0. The van der Waals surface area contributed by atoms with Crippen molar-refractivity contribution in [1.82, 2.24) is 29.6 Å². The summed E-state index contributed by atoms with van der Waals surface area (Å²) in [6.07, 6.45) is 6.02. The van der Waals surface area contributed by atoms with Crippen LogP contribution in [0.15, 0.2) is 83.1 Å². The molecule has 12 nitrogen and oxygen atoms in total. The lowest BCUT2D eigenvalue weighted by Gasteiger charge is -2.33. The molecule has 1 aliphatic heterocycles. The summed E-state index contributed by atoms with van der Waals surface area (Å²) in [5, 5.41) is 22.8. The van der Waals surface area contributed by atoms with Gasteiger partial charge in [-0.3, -0.25) is 4.79 Å². The van der Waals surface area contributed by atoms with E-state index < -0.39 is 22.1 Å². The van der Waals surface area contributed by atoms with Crippen molar-refractivity contribution in [3.05, 3.63) is 89.7 Å². The molecule has 0 unspecified atom stereocenters. The highest BCUT2D eigenvalue weighted by molar-refractivity contribution is 7.89. The molecule has 0 radical (unpaired) electrons. The second kappa shape index (κ2) is 17.2. The van der Waals surface area contributed by atoms with E-state index in [4.69, 9.17) is 5.21 Å². The predicted molar refractivity (Wildman–Crippen MR) is 184 cm³/mol. The van der Waals surface area contributed by atoms with Crippen LogP contribution in [0.2, 0.25) is 0 Å². The number of nitrogens with one attached hydrogen (secondary N) is 1. The first kappa shape index (κ1) is 36.5. The molecule has 258 valence electrons. The Morgan fingerprint density at radius 2 is 1.77 bits per heavy atom. The van der Waals surface area contributed by atoms with Crippen LogP contribution in [0.1, 0.15) is 57.2 Å². The minimum atomic E-state index is -3.86. The van der Waals surface area contributed by atoms with Gasteiger partial charge in [-0.15, -0.1) is 0 Å². The predicted octanol–water partition coefficient (Wildman–Crippen LogP) is 4.40. The van der Waals surface area contributed by atoms with Crippen molar-refractivity contribution in [1.29, 1.82) is 0 Å². The molecular formula is C35H47N7O5S. The van der Waals surface area contributed by atoms with E-state index in [-0.39, 0.29) is 35.2 Å². The molecule has 4 rings (SSSR count). The van der Waals surface area contributed by atoms with Gasteiger partial charge >= 0.3 is 6.03 Å². The van der Waals surface area contributed by atoms with Crippen LogP contribution < -0.4 is 5.32 Å². The minimum Gasteiger partial charge on any atom is -0.411 e. The van der Waals surface area contributed by atoms with E-state index in [2.05, 4.69) is 20.7 Å². The van der Waals surface area contributed by atoms with Gasteiger partial charge in [-0.2, -0.15) is 14.5 Å². The van der Waals surface area contributed by atoms with Gasteiger partial charge in [0.2, 0.25) is 15.9 Å². The Hall–Kier alpha value is -4.36. The SMILES string of the molecule is CC[C@H](C)[C@H](C(=O)N[C@H](CCN(CC(C)C)S(=O)(=O)c1ccc(/C=N/O)cc1)Cc1ccccc1)N1CCN(Cc2ccnnc2)C1=O. The van der Waals surface area contributed by atoms with E-state index in [0.717, 1.165) is 11.1 Å². The van der Waals surface area contributed by atoms with Gasteiger partial charge in [-0.1, -0.05) is 81.7 Å². The largest absolute Gasteiger partial charge is 0.411 e. The van der Waals surface area contributed by atoms with Crippen LogP contribution in [-0.2, 0) is 27.8 Å². The summed E-state index contributed by atoms with van der Waals surface area (Å²) in [4.78, 5) is 31.3. The molecule has 0 saturated carbocycles. The Balaban J connectivity index is 1.55. The standard InChI is InChI=1S/C35H47N7O5S/c1-5-27(4)33(42-20-19-40(35(42)44)25-30-15-17-36-37-22-30)34(43)39-31(21-28-9-7-6-8-10-28)16-18-41(24-26(2)3)48(46,47)32-13-11-29(12-14-32)23-38-45/h6-15,17,22-23,26-27,31,33,45H,5,16,18-21,24-25H2,1-4H3,(H,39,43)/b38-23+/t27-,31+,33+/m0/s1. The zero-order chi connectivity index (χ0) is 34.7. The van der Waals surface area contributed by atoms with Gasteiger partial charge < -0.3 is 20.3 Å². The van der Waals surface area contributed by atoms with E-state index in [1.54, 1.807) is 34.3 Å². The maximum absolute atomic E-state index is 14.2. The lowest BCUT2D eigenvalue weighted by molar-refractivity contribution is -0.127. The third kappa shape index (κ3) is 9.60.